The molecule has 1 aliphatic carbocycles. The lowest BCUT2D eigenvalue weighted by molar-refractivity contribution is 0.513. The van der Waals surface area contributed by atoms with Crippen molar-refractivity contribution in [2.24, 2.45) is 22.2 Å². The van der Waals surface area contributed by atoms with Gasteiger partial charge in [0, 0.05) is 6.04 Å². The van der Waals surface area contributed by atoms with Crippen LogP contribution in [0, 0.1) is 11.8 Å². The van der Waals surface area contributed by atoms with Gasteiger partial charge in [0.05, 0.1) is 6.54 Å². The van der Waals surface area contributed by atoms with Gasteiger partial charge in [-0.1, -0.05) is 12.1 Å². The first-order chi connectivity index (χ1) is 4.38. The Kier molecular flexibility index (Phi) is 0.976. The first-order valence-corrected chi connectivity index (χ1v) is 3.50. The lowest BCUT2D eigenvalue weighted by Gasteiger charge is -2.00. The van der Waals surface area contributed by atoms with Gasteiger partial charge in [-0.25, -0.2) is 0 Å². The van der Waals surface area contributed by atoms with Crippen LogP contribution in [-0.4, -0.2) is 12.6 Å². The molecule has 2 aliphatic rings. The summed E-state index contributed by atoms with van der Waals surface area (Å²) < 4.78 is 0. The highest BCUT2D eigenvalue weighted by Gasteiger charge is 2.42. The summed E-state index contributed by atoms with van der Waals surface area (Å²) in [7, 11) is 0. The number of nitrogens with zero attached hydrogens (tertiary/aromatic N) is 2. The van der Waals surface area contributed by atoms with Gasteiger partial charge in [-0.15, -0.1) is 0 Å². The zero-order valence-corrected chi connectivity index (χ0v) is 5.54. The van der Waals surface area contributed by atoms with Crippen LogP contribution in [0.25, 0.3) is 0 Å². The SMILES string of the molecule is CC1CN=NNC2CC12. The largest absolute Gasteiger partial charge is 0.288 e. The second-order valence-corrected chi connectivity index (χ2v) is 3.04. The van der Waals surface area contributed by atoms with E-state index in [1.165, 1.54) is 6.42 Å². The number of hydrogen-bond donors (Lipinski definition) is 1. The third-order valence-electron chi connectivity index (χ3n) is 2.23. The Labute approximate surface area is 54.5 Å². The minimum atomic E-state index is 0.659. The van der Waals surface area contributed by atoms with Crippen molar-refractivity contribution in [1.29, 1.82) is 0 Å². The Morgan fingerprint density at radius 2 is 2.44 bits per heavy atom. The summed E-state index contributed by atoms with van der Waals surface area (Å²) in [5.74, 6) is 1.61. The minimum Gasteiger partial charge on any atom is -0.288 e. The third-order valence-corrected chi connectivity index (χ3v) is 2.23. The molecule has 0 spiro atoms. The summed E-state index contributed by atoms with van der Waals surface area (Å²) >= 11 is 0. The molecule has 0 saturated heterocycles. The smallest absolute Gasteiger partial charge is 0.0649 e. The van der Waals surface area contributed by atoms with Gasteiger partial charge >= 0.3 is 0 Å². The third kappa shape index (κ3) is 0.802. The zero-order valence-electron chi connectivity index (χ0n) is 5.54. The van der Waals surface area contributed by atoms with E-state index in [1.807, 2.05) is 0 Å². The van der Waals surface area contributed by atoms with Gasteiger partial charge in [0.15, 0.2) is 0 Å². The highest BCUT2D eigenvalue weighted by atomic mass is 15.4. The molecule has 1 heterocycles. The van der Waals surface area contributed by atoms with Gasteiger partial charge < -0.3 is 0 Å². The Bertz CT molecular complexity index is 143. The van der Waals surface area contributed by atoms with E-state index < -0.39 is 0 Å². The molecule has 3 atom stereocenters. The molecular weight excluding hydrogens is 114 g/mol. The van der Waals surface area contributed by atoms with Gasteiger partial charge in [0.1, 0.15) is 0 Å². The Balaban J connectivity index is 2.05. The Morgan fingerprint density at radius 3 is 3.33 bits per heavy atom. The van der Waals surface area contributed by atoms with Crippen LogP contribution in [-0.2, 0) is 0 Å². The molecular formula is C6H11N3. The quantitative estimate of drug-likeness (QED) is 0.514. The summed E-state index contributed by atoms with van der Waals surface area (Å²) in [4.78, 5) is 0. The van der Waals surface area contributed by atoms with E-state index in [0.29, 0.717) is 6.04 Å². The first kappa shape index (κ1) is 5.21. The summed E-state index contributed by atoms with van der Waals surface area (Å²) in [5.41, 5.74) is 3.01. The molecule has 0 amide bonds. The van der Waals surface area contributed by atoms with Crippen molar-refractivity contribution in [3.63, 3.8) is 0 Å². The maximum atomic E-state index is 3.95. The lowest BCUT2D eigenvalue weighted by atomic mass is 10.1. The predicted molar refractivity (Wildman–Crippen MR) is 33.9 cm³/mol. The second-order valence-electron chi connectivity index (χ2n) is 3.04. The zero-order chi connectivity index (χ0) is 6.27. The molecule has 1 fully saturated rings. The van der Waals surface area contributed by atoms with Crippen LogP contribution in [0.2, 0.25) is 0 Å². The molecule has 0 aromatic heterocycles. The van der Waals surface area contributed by atoms with Crippen molar-refractivity contribution < 1.29 is 0 Å². The topological polar surface area (TPSA) is 36.8 Å². The molecule has 3 nitrogen and oxygen atoms in total. The maximum absolute atomic E-state index is 3.95. The fraction of sp³-hybridized carbons (Fsp3) is 1.00. The fourth-order valence-electron chi connectivity index (χ4n) is 1.41. The van der Waals surface area contributed by atoms with Crippen LogP contribution in [0.15, 0.2) is 10.3 Å². The van der Waals surface area contributed by atoms with Crippen LogP contribution in [0.1, 0.15) is 13.3 Å². The Hall–Kier alpha value is -0.600. The van der Waals surface area contributed by atoms with Crippen LogP contribution >= 0.6 is 0 Å². The normalized spacial score (nSPS) is 47.0. The maximum Gasteiger partial charge on any atom is 0.0649 e. The summed E-state index contributed by atoms with van der Waals surface area (Å²) in [6.45, 7) is 3.16. The van der Waals surface area contributed by atoms with Crippen molar-refractivity contribution in [3.05, 3.63) is 0 Å². The summed E-state index contributed by atoms with van der Waals surface area (Å²) in [5, 5.41) is 7.77. The first-order valence-electron chi connectivity index (χ1n) is 3.50. The average Bonchev–Trinajstić information content (AvgIpc) is 2.55. The van der Waals surface area contributed by atoms with E-state index >= 15 is 0 Å². The van der Waals surface area contributed by atoms with Gasteiger partial charge in [-0.05, 0) is 18.3 Å². The highest BCUT2D eigenvalue weighted by Crippen LogP contribution is 2.38. The van der Waals surface area contributed by atoms with Crippen molar-refractivity contribution >= 4 is 0 Å². The van der Waals surface area contributed by atoms with Crippen molar-refractivity contribution in [1.82, 2.24) is 5.43 Å². The molecule has 0 radical (unpaired) electrons. The molecule has 1 saturated carbocycles. The fourth-order valence-corrected chi connectivity index (χ4v) is 1.41. The van der Waals surface area contributed by atoms with Gasteiger partial charge in [0.25, 0.3) is 0 Å². The monoisotopic (exact) mass is 125 g/mol. The van der Waals surface area contributed by atoms with Crippen molar-refractivity contribution in [3.8, 4) is 0 Å². The van der Waals surface area contributed by atoms with Gasteiger partial charge in [-0.2, -0.15) is 5.11 Å². The molecule has 0 aromatic carbocycles. The molecule has 1 aliphatic heterocycles. The number of fused-ring (bicyclic) bond motifs is 1. The van der Waals surface area contributed by atoms with E-state index in [-0.39, 0.29) is 0 Å². The molecule has 50 valence electrons. The average molecular weight is 125 g/mol. The number of hydrogen-bond acceptors (Lipinski definition) is 3. The summed E-state index contributed by atoms with van der Waals surface area (Å²) in [6, 6.07) is 0.659. The van der Waals surface area contributed by atoms with E-state index in [0.717, 1.165) is 18.4 Å². The summed E-state index contributed by atoms with van der Waals surface area (Å²) in [6.07, 6.45) is 1.31. The van der Waals surface area contributed by atoms with Crippen molar-refractivity contribution in [2.75, 3.05) is 6.54 Å². The molecule has 1 N–H and O–H groups in total. The molecule has 0 aromatic rings. The van der Waals surface area contributed by atoms with E-state index in [4.69, 9.17) is 0 Å². The standard InChI is InChI=1S/C6H11N3/c1-4-3-7-9-8-6-2-5(4)6/h4-6H,2-3H2,1H3,(H,7,8). The minimum absolute atomic E-state index is 0.659. The van der Waals surface area contributed by atoms with Gasteiger partial charge in [0.2, 0.25) is 0 Å². The number of rotatable bonds is 0. The number of nitrogens with one attached hydrogen (secondary N) is 1. The molecule has 2 rings (SSSR count). The molecule has 0 bridgehead atoms. The van der Waals surface area contributed by atoms with Crippen molar-refractivity contribution in [2.45, 2.75) is 19.4 Å². The predicted octanol–water partition coefficient (Wildman–Crippen LogP) is 0.981. The van der Waals surface area contributed by atoms with E-state index in [1.54, 1.807) is 0 Å². The van der Waals surface area contributed by atoms with Crippen LogP contribution < -0.4 is 5.43 Å². The van der Waals surface area contributed by atoms with E-state index in [9.17, 15) is 0 Å². The molecule has 3 unspecified atom stereocenters. The second kappa shape index (κ2) is 1.69. The van der Waals surface area contributed by atoms with Crippen LogP contribution in [0.5, 0.6) is 0 Å². The van der Waals surface area contributed by atoms with Crippen LogP contribution in [0.4, 0.5) is 0 Å². The molecule has 9 heavy (non-hydrogen) atoms. The lowest BCUT2D eigenvalue weighted by Crippen LogP contribution is -2.10. The highest BCUT2D eigenvalue weighted by molar-refractivity contribution is 4.96. The molecule has 3 heteroatoms. The van der Waals surface area contributed by atoms with Gasteiger partial charge in [-0.3, -0.25) is 5.43 Å². The van der Waals surface area contributed by atoms with Crippen LogP contribution in [0.3, 0.4) is 0 Å². The van der Waals surface area contributed by atoms with E-state index in [2.05, 4.69) is 22.7 Å². The Morgan fingerprint density at radius 1 is 1.56 bits per heavy atom.